The van der Waals surface area contributed by atoms with Crippen LogP contribution in [-0.2, 0) is 4.79 Å². The van der Waals surface area contributed by atoms with E-state index < -0.39 is 5.34 Å². The molecule has 4 radical (unpaired) electrons. The second-order valence-electron chi connectivity index (χ2n) is 10.5. The fourth-order valence-electron chi connectivity index (χ4n) is 5.06. The number of fused-ring (bicyclic) bond motifs is 2. The van der Waals surface area contributed by atoms with Crippen LogP contribution in [0.1, 0.15) is 36.5 Å². The molecule has 0 unspecified atom stereocenters. The lowest BCUT2D eigenvalue weighted by molar-refractivity contribution is -0.135. The van der Waals surface area contributed by atoms with Gasteiger partial charge in [-0.25, -0.2) is 14.5 Å². The van der Waals surface area contributed by atoms with Gasteiger partial charge in [0.1, 0.15) is 12.1 Å². The third-order valence-electron chi connectivity index (χ3n) is 7.61. The summed E-state index contributed by atoms with van der Waals surface area (Å²) in [6, 6.07) is 4.14. The van der Waals surface area contributed by atoms with Gasteiger partial charge in [-0.1, -0.05) is 13.8 Å². The predicted molar refractivity (Wildman–Crippen MR) is 148 cm³/mol. The standard InChI is InChI=1S/C26H32B2N8O/c1-15(2)21-22(18-13-36-24(29-14-30-36)17(4)16(18)3)31-19-7-8-20(32-23(19)21)34-9-11-35(12-10-34)25(37)26(27,28)33(5)6/h7-8,13-15,31H,9-12H2,1-6H3. The van der Waals surface area contributed by atoms with E-state index in [1.165, 1.54) is 16.0 Å². The molecule has 9 nitrogen and oxygen atoms in total. The highest BCUT2D eigenvalue weighted by Gasteiger charge is 2.34. The van der Waals surface area contributed by atoms with Crippen molar-refractivity contribution in [1.29, 1.82) is 0 Å². The third kappa shape index (κ3) is 4.19. The quantitative estimate of drug-likeness (QED) is 0.429. The van der Waals surface area contributed by atoms with E-state index in [1.54, 1.807) is 25.3 Å². The number of carbonyl (C=O) groups is 1. The van der Waals surface area contributed by atoms with Crippen LogP contribution in [0.2, 0.25) is 0 Å². The van der Waals surface area contributed by atoms with Gasteiger partial charge >= 0.3 is 0 Å². The molecule has 1 aliphatic rings. The number of aromatic amines is 1. The largest absolute Gasteiger partial charge is 0.353 e. The number of H-pyrrole nitrogens is 1. The van der Waals surface area contributed by atoms with Crippen LogP contribution in [0.3, 0.4) is 0 Å². The highest BCUT2D eigenvalue weighted by Crippen LogP contribution is 2.38. The summed E-state index contributed by atoms with van der Waals surface area (Å²) in [5.74, 6) is 0.874. The fourth-order valence-corrected chi connectivity index (χ4v) is 5.06. The zero-order valence-corrected chi connectivity index (χ0v) is 22.4. The fraction of sp³-hybridized carbons (Fsp3) is 0.462. The highest BCUT2D eigenvalue weighted by atomic mass is 16.2. The van der Waals surface area contributed by atoms with Gasteiger partial charge in [-0.15, -0.1) is 0 Å². The summed E-state index contributed by atoms with van der Waals surface area (Å²) >= 11 is 0. The number of aromatic nitrogens is 5. The van der Waals surface area contributed by atoms with Crippen LogP contribution in [0.15, 0.2) is 24.7 Å². The minimum Gasteiger partial charge on any atom is -0.353 e. The molecule has 5 rings (SSSR count). The summed E-state index contributed by atoms with van der Waals surface area (Å²) in [6.07, 6.45) is 3.63. The number of pyridine rings is 2. The van der Waals surface area contributed by atoms with Gasteiger partial charge in [0.15, 0.2) is 5.65 Å². The first-order valence-corrected chi connectivity index (χ1v) is 12.6. The number of amides is 1. The summed E-state index contributed by atoms with van der Waals surface area (Å²) in [4.78, 5) is 31.5. The normalized spacial score (nSPS) is 15.0. The molecule has 0 spiro atoms. The predicted octanol–water partition coefficient (Wildman–Crippen LogP) is 2.21. The Kier molecular flexibility index (Phi) is 6.30. The minimum absolute atomic E-state index is 0.250. The Morgan fingerprint density at radius 2 is 1.81 bits per heavy atom. The first-order valence-electron chi connectivity index (χ1n) is 12.6. The van der Waals surface area contributed by atoms with E-state index in [0.29, 0.717) is 26.2 Å². The van der Waals surface area contributed by atoms with Crippen LogP contribution in [0.4, 0.5) is 5.82 Å². The van der Waals surface area contributed by atoms with Gasteiger partial charge in [0.05, 0.1) is 32.4 Å². The molecule has 1 fully saturated rings. The van der Waals surface area contributed by atoms with Crippen molar-refractivity contribution < 1.29 is 4.79 Å². The number of rotatable bonds is 5. The van der Waals surface area contributed by atoms with Crippen molar-refractivity contribution in [3.8, 4) is 11.3 Å². The molecule has 188 valence electrons. The molecule has 1 amide bonds. The summed E-state index contributed by atoms with van der Waals surface area (Å²) in [5.41, 5.74) is 8.44. The number of nitrogens with zero attached hydrogens (tertiary/aromatic N) is 7. The van der Waals surface area contributed by atoms with Crippen LogP contribution in [0.5, 0.6) is 0 Å². The zero-order chi connectivity index (χ0) is 26.6. The Balaban J connectivity index is 1.48. The van der Waals surface area contributed by atoms with Crippen LogP contribution in [0.25, 0.3) is 27.9 Å². The summed E-state index contributed by atoms with van der Waals surface area (Å²) in [6.45, 7) is 11.0. The first-order chi connectivity index (χ1) is 17.5. The monoisotopic (exact) mass is 494 g/mol. The van der Waals surface area contributed by atoms with E-state index in [1.807, 2.05) is 16.8 Å². The number of piperazine rings is 1. The van der Waals surface area contributed by atoms with E-state index in [-0.39, 0.29) is 11.8 Å². The van der Waals surface area contributed by atoms with Gasteiger partial charge < -0.3 is 19.7 Å². The molecule has 1 aliphatic heterocycles. The van der Waals surface area contributed by atoms with Gasteiger partial charge in [0, 0.05) is 48.8 Å². The number of likely N-dealkylation sites (N-methyl/N-ethyl adjacent to an activating group) is 1. The Labute approximate surface area is 220 Å². The lowest BCUT2D eigenvalue weighted by Gasteiger charge is -2.42. The molecule has 0 aliphatic carbocycles. The average Bonchev–Trinajstić information content (AvgIpc) is 3.50. The third-order valence-corrected chi connectivity index (χ3v) is 7.61. The molecule has 0 atom stereocenters. The number of hydrogen-bond donors (Lipinski definition) is 1. The maximum atomic E-state index is 12.8. The lowest BCUT2D eigenvalue weighted by atomic mass is 9.60. The SMILES string of the molecule is [B]C([B])(C(=O)N1CCN(c2ccc3[nH]c(-c4cn5ncnc5c(C)c4C)c(C(C)C)c3n2)CC1)N(C)C. The number of hydrogen-bond acceptors (Lipinski definition) is 6. The maximum Gasteiger partial charge on any atom is 0.224 e. The summed E-state index contributed by atoms with van der Waals surface area (Å²) in [7, 11) is 15.5. The average molecular weight is 494 g/mol. The molecular formula is C26H32B2N8O. The second-order valence-corrected chi connectivity index (χ2v) is 10.5. The smallest absolute Gasteiger partial charge is 0.224 e. The maximum absolute atomic E-state index is 12.8. The molecule has 0 bridgehead atoms. The Hall–Kier alpha value is -3.33. The molecular weight excluding hydrogens is 462 g/mol. The summed E-state index contributed by atoms with van der Waals surface area (Å²) in [5, 5.41) is 2.86. The van der Waals surface area contributed by atoms with Crippen LogP contribution in [-0.4, -0.2) is 102 Å². The van der Waals surface area contributed by atoms with E-state index in [9.17, 15) is 4.79 Å². The molecule has 4 aromatic heterocycles. The number of nitrogens with one attached hydrogen (secondary N) is 1. The van der Waals surface area contributed by atoms with Crippen molar-refractivity contribution in [3.05, 3.63) is 41.3 Å². The molecule has 1 saturated heterocycles. The molecule has 0 aromatic carbocycles. The highest BCUT2D eigenvalue weighted by molar-refractivity contribution is 6.50. The van der Waals surface area contributed by atoms with Crippen LogP contribution >= 0.6 is 0 Å². The van der Waals surface area contributed by atoms with Crippen LogP contribution in [0, 0.1) is 13.8 Å². The Morgan fingerprint density at radius 3 is 2.46 bits per heavy atom. The Bertz CT molecular complexity index is 1480. The topological polar surface area (TPSA) is 85.7 Å². The number of carbonyl (C=O) groups excluding carboxylic acids is 1. The molecule has 37 heavy (non-hydrogen) atoms. The van der Waals surface area contributed by atoms with Crippen molar-refractivity contribution in [3.63, 3.8) is 0 Å². The first kappa shape index (κ1) is 25.3. The van der Waals surface area contributed by atoms with Gasteiger partial charge in [-0.2, -0.15) is 5.10 Å². The van der Waals surface area contributed by atoms with E-state index in [4.69, 9.17) is 20.7 Å². The number of aryl methyl sites for hydroxylation is 1. The van der Waals surface area contributed by atoms with Gasteiger partial charge in [-0.3, -0.25) is 4.79 Å². The van der Waals surface area contributed by atoms with E-state index >= 15 is 0 Å². The minimum atomic E-state index is -1.52. The molecule has 1 N–H and O–H groups in total. The molecule has 0 saturated carbocycles. The second kappa shape index (κ2) is 9.20. The Morgan fingerprint density at radius 1 is 1.11 bits per heavy atom. The molecule has 11 heteroatoms. The van der Waals surface area contributed by atoms with Crippen molar-refractivity contribution in [2.75, 3.05) is 45.2 Å². The number of anilines is 1. The lowest BCUT2D eigenvalue weighted by Crippen LogP contribution is -2.61. The van der Waals surface area contributed by atoms with Crippen LogP contribution < -0.4 is 4.90 Å². The van der Waals surface area contributed by atoms with E-state index in [2.05, 4.69) is 53.7 Å². The zero-order valence-electron chi connectivity index (χ0n) is 22.4. The van der Waals surface area contributed by atoms with Crippen molar-refractivity contribution in [1.82, 2.24) is 34.4 Å². The van der Waals surface area contributed by atoms with Gasteiger partial charge in [0.2, 0.25) is 5.91 Å². The van der Waals surface area contributed by atoms with E-state index in [0.717, 1.165) is 39.3 Å². The summed E-state index contributed by atoms with van der Waals surface area (Å²) < 4.78 is 1.83. The van der Waals surface area contributed by atoms with Crippen molar-refractivity contribution in [2.24, 2.45) is 0 Å². The van der Waals surface area contributed by atoms with Crippen molar-refractivity contribution >= 4 is 44.1 Å². The van der Waals surface area contributed by atoms with Gasteiger partial charge in [-0.05, 0) is 57.1 Å². The van der Waals surface area contributed by atoms with Crippen molar-refractivity contribution in [2.45, 2.75) is 39.0 Å². The molecule has 4 aromatic rings. The molecule has 5 heterocycles. The van der Waals surface area contributed by atoms with Gasteiger partial charge in [0.25, 0.3) is 0 Å².